The second-order valence-electron chi connectivity index (χ2n) is 3.16. The van der Waals surface area contributed by atoms with Gasteiger partial charge in [0.25, 0.3) is 0 Å². The number of amides is 2. The lowest BCUT2D eigenvalue weighted by molar-refractivity contribution is -0.123. The molecule has 0 saturated carbocycles. The fourth-order valence-corrected chi connectivity index (χ4v) is 1.06. The van der Waals surface area contributed by atoms with E-state index in [1.165, 1.54) is 18.2 Å². The van der Waals surface area contributed by atoms with Crippen molar-refractivity contribution in [2.24, 2.45) is 0 Å². The standard InChI is InChI=1S/C11H13FN2O2/c1-2-10(15)13-7-11(16)14-9-6-4-3-5-8(9)12/h3-6H,2,7H2,1H3,(H,13,15)(H,14,16). The highest BCUT2D eigenvalue weighted by molar-refractivity contribution is 5.94. The number of benzene rings is 1. The van der Waals surface area contributed by atoms with Gasteiger partial charge in [0.1, 0.15) is 5.82 Å². The van der Waals surface area contributed by atoms with Crippen LogP contribution in [0.2, 0.25) is 0 Å². The Morgan fingerprint density at radius 2 is 1.94 bits per heavy atom. The average molecular weight is 224 g/mol. The van der Waals surface area contributed by atoms with Crippen LogP contribution in [-0.2, 0) is 9.59 Å². The molecule has 0 atom stereocenters. The Morgan fingerprint density at radius 3 is 2.56 bits per heavy atom. The van der Waals surface area contributed by atoms with E-state index >= 15 is 0 Å². The molecular weight excluding hydrogens is 211 g/mol. The van der Waals surface area contributed by atoms with Crippen molar-refractivity contribution < 1.29 is 14.0 Å². The number of nitrogens with one attached hydrogen (secondary N) is 2. The monoisotopic (exact) mass is 224 g/mol. The van der Waals surface area contributed by atoms with Gasteiger partial charge in [0, 0.05) is 6.42 Å². The molecule has 1 aromatic rings. The first kappa shape index (κ1) is 12.2. The van der Waals surface area contributed by atoms with Crippen molar-refractivity contribution in [3.8, 4) is 0 Å². The largest absolute Gasteiger partial charge is 0.347 e. The highest BCUT2D eigenvalue weighted by atomic mass is 19.1. The van der Waals surface area contributed by atoms with E-state index in [0.717, 1.165) is 0 Å². The summed E-state index contributed by atoms with van der Waals surface area (Å²) in [6, 6.07) is 5.85. The number of hydrogen-bond acceptors (Lipinski definition) is 2. The zero-order chi connectivity index (χ0) is 12.0. The molecule has 0 spiro atoms. The number of carbonyl (C=O) groups excluding carboxylic acids is 2. The van der Waals surface area contributed by atoms with E-state index in [4.69, 9.17) is 0 Å². The molecule has 2 N–H and O–H groups in total. The van der Waals surface area contributed by atoms with Crippen molar-refractivity contribution >= 4 is 17.5 Å². The molecule has 1 aromatic carbocycles. The summed E-state index contributed by atoms with van der Waals surface area (Å²) in [5, 5.41) is 4.76. The summed E-state index contributed by atoms with van der Waals surface area (Å²) < 4.78 is 13.1. The fourth-order valence-electron chi connectivity index (χ4n) is 1.06. The van der Waals surface area contributed by atoms with Gasteiger partial charge in [-0.2, -0.15) is 0 Å². The van der Waals surface area contributed by atoms with Crippen LogP contribution in [0, 0.1) is 5.82 Å². The summed E-state index contributed by atoms with van der Waals surface area (Å²) in [4.78, 5) is 22.2. The van der Waals surface area contributed by atoms with Gasteiger partial charge in [-0.05, 0) is 12.1 Å². The minimum absolute atomic E-state index is 0.109. The highest BCUT2D eigenvalue weighted by Crippen LogP contribution is 2.11. The third kappa shape index (κ3) is 3.68. The van der Waals surface area contributed by atoms with Crippen molar-refractivity contribution in [3.63, 3.8) is 0 Å². The van der Waals surface area contributed by atoms with E-state index in [1.807, 2.05) is 0 Å². The number of carbonyl (C=O) groups is 2. The van der Waals surface area contributed by atoms with Gasteiger partial charge in [-0.1, -0.05) is 19.1 Å². The van der Waals surface area contributed by atoms with E-state index < -0.39 is 11.7 Å². The predicted octanol–water partition coefficient (Wildman–Crippen LogP) is 1.29. The van der Waals surface area contributed by atoms with Gasteiger partial charge in [-0.25, -0.2) is 4.39 Å². The topological polar surface area (TPSA) is 58.2 Å². The third-order valence-electron chi connectivity index (χ3n) is 1.92. The van der Waals surface area contributed by atoms with E-state index in [-0.39, 0.29) is 18.1 Å². The maximum absolute atomic E-state index is 13.1. The van der Waals surface area contributed by atoms with Gasteiger partial charge in [0.05, 0.1) is 12.2 Å². The zero-order valence-corrected chi connectivity index (χ0v) is 8.92. The van der Waals surface area contributed by atoms with Crippen LogP contribution in [-0.4, -0.2) is 18.4 Å². The minimum atomic E-state index is -0.502. The molecule has 0 heterocycles. The molecule has 0 radical (unpaired) electrons. The summed E-state index contributed by atoms with van der Waals surface area (Å²) in [5.41, 5.74) is 0.109. The highest BCUT2D eigenvalue weighted by Gasteiger charge is 2.06. The van der Waals surface area contributed by atoms with Gasteiger partial charge >= 0.3 is 0 Å². The molecule has 2 amide bonds. The summed E-state index contributed by atoms with van der Waals surface area (Å²) in [5.74, 6) is -1.17. The lowest BCUT2D eigenvalue weighted by Crippen LogP contribution is -2.32. The van der Waals surface area contributed by atoms with Crippen molar-refractivity contribution in [1.29, 1.82) is 0 Å². The molecule has 16 heavy (non-hydrogen) atoms. The smallest absolute Gasteiger partial charge is 0.243 e. The average Bonchev–Trinajstić information content (AvgIpc) is 2.29. The number of rotatable bonds is 4. The lowest BCUT2D eigenvalue weighted by atomic mass is 10.3. The van der Waals surface area contributed by atoms with Crippen LogP contribution in [0.5, 0.6) is 0 Å². The van der Waals surface area contributed by atoms with Crippen LogP contribution in [0.3, 0.4) is 0 Å². The Morgan fingerprint density at radius 1 is 1.25 bits per heavy atom. The molecule has 1 rings (SSSR count). The molecular formula is C11H13FN2O2. The molecule has 0 aliphatic rings. The van der Waals surface area contributed by atoms with E-state index in [9.17, 15) is 14.0 Å². The zero-order valence-electron chi connectivity index (χ0n) is 8.92. The van der Waals surface area contributed by atoms with E-state index in [1.54, 1.807) is 13.0 Å². The van der Waals surface area contributed by atoms with Crippen LogP contribution >= 0.6 is 0 Å². The third-order valence-corrected chi connectivity index (χ3v) is 1.92. The van der Waals surface area contributed by atoms with E-state index in [2.05, 4.69) is 10.6 Å². The first-order valence-electron chi connectivity index (χ1n) is 4.94. The Labute approximate surface area is 92.8 Å². The van der Waals surface area contributed by atoms with Crippen LogP contribution in [0.25, 0.3) is 0 Å². The second kappa shape index (κ2) is 5.85. The normalized spacial score (nSPS) is 9.62. The number of anilines is 1. The van der Waals surface area contributed by atoms with Crippen molar-refractivity contribution in [2.45, 2.75) is 13.3 Å². The first-order valence-corrected chi connectivity index (χ1v) is 4.94. The van der Waals surface area contributed by atoms with Gasteiger partial charge in [-0.15, -0.1) is 0 Å². The number of hydrogen-bond donors (Lipinski definition) is 2. The SMILES string of the molecule is CCC(=O)NCC(=O)Nc1ccccc1F. The molecule has 0 bridgehead atoms. The molecule has 0 aliphatic carbocycles. The van der Waals surface area contributed by atoms with Crippen LogP contribution in [0.1, 0.15) is 13.3 Å². The predicted molar refractivity (Wildman–Crippen MR) is 58.3 cm³/mol. The Bertz CT molecular complexity index is 393. The van der Waals surface area contributed by atoms with E-state index in [0.29, 0.717) is 6.42 Å². The Hall–Kier alpha value is -1.91. The summed E-state index contributed by atoms with van der Waals surface area (Å²) >= 11 is 0. The second-order valence-corrected chi connectivity index (χ2v) is 3.16. The molecule has 5 heteroatoms. The van der Waals surface area contributed by atoms with Gasteiger partial charge < -0.3 is 10.6 Å². The van der Waals surface area contributed by atoms with Crippen molar-refractivity contribution in [2.75, 3.05) is 11.9 Å². The van der Waals surface area contributed by atoms with Crippen LogP contribution < -0.4 is 10.6 Å². The molecule has 0 aliphatic heterocycles. The molecule has 4 nitrogen and oxygen atoms in total. The molecule has 0 aromatic heterocycles. The van der Waals surface area contributed by atoms with Gasteiger partial charge in [0.15, 0.2) is 0 Å². The van der Waals surface area contributed by atoms with Crippen LogP contribution in [0.15, 0.2) is 24.3 Å². The minimum Gasteiger partial charge on any atom is -0.347 e. The van der Waals surface area contributed by atoms with Gasteiger partial charge in [-0.3, -0.25) is 9.59 Å². The maximum atomic E-state index is 13.1. The molecule has 86 valence electrons. The Balaban J connectivity index is 2.46. The Kier molecular flexibility index (Phi) is 4.44. The summed E-state index contributed by atoms with van der Waals surface area (Å²) in [6.45, 7) is 1.53. The molecule has 0 unspecified atom stereocenters. The molecule has 0 saturated heterocycles. The van der Waals surface area contributed by atoms with Crippen molar-refractivity contribution in [3.05, 3.63) is 30.1 Å². The molecule has 0 fully saturated rings. The fraction of sp³-hybridized carbons (Fsp3) is 0.273. The first-order chi connectivity index (χ1) is 7.63. The number of para-hydroxylation sites is 1. The summed E-state index contributed by atoms with van der Waals surface area (Å²) in [7, 11) is 0. The number of halogens is 1. The summed E-state index contributed by atoms with van der Waals surface area (Å²) in [6.07, 6.45) is 0.312. The van der Waals surface area contributed by atoms with Gasteiger partial charge in [0.2, 0.25) is 11.8 Å². The lowest BCUT2D eigenvalue weighted by Gasteiger charge is -2.06. The van der Waals surface area contributed by atoms with Crippen LogP contribution in [0.4, 0.5) is 10.1 Å². The quantitative estimate of drug-likeness (QED) is 0.809. The maximum Gasteiger partial charge on any atom is 0.243 e. The van der Waals surface area contributed by atoms with Crippen molar-refractivity contribution in [1.82, 2.24) is 5.32 Å².